The number of nitrogens with one attached hydrogen (secondary N) is 1. The minimum absolute atomic E-state index is 0.0622. The molecule has 0 saturated heterocycles. The number of hydrogen-bond donors (Lipinski definition) is 1. The molecule has 0 radical (unpaired) electrons. The summed E-state index contributed by atoms with van der Waals surface area (Å²) in [4.78, 5) is 24.4. The van der Waals surface area contributed by atoms with E-state index in [1.54, 1.807) is 6.07 Å². The Morgan fingerprint density at radius 1 is 1.28 bits per heavy atom. The molecule has 1 amide bonds. The number of halogens is 1. The zero-order valence-electron chi connectivity index (χ0n) is 13.8. The van der Waals surface area contributed by atoms with Crippen molar-refractivity contribution in [1.82, 2.24) is 5.32 Å². The molecule has 25 heavy (non-hydrogen) atoms. The third-order valence-corrected chi connectivity index (χ3v) is 4.60. The van der Waals surface area contributed by atoms with E-state index in [2.05, 4.69) is 21.2 Å². The lowest BCUT2D eigenvalue weighted by Crippen LogP contribution is -2.30. The van der Waals surface area contributed by atoms with Gasteiger partial charge in [-0.15, -0.1) is 0 Å². The average Bonchev–Trinajstić information content (AvgIpc) is 3.08. The Morgan fingerprint density at radius 3 is 2.88 bits per heavy atom. The highest BCUT2D eigenvalue weighted by atomic mass is 79.9. The van der Waals surface area contributed by atoms with Crippen molar-refractivity contribution in [1.29, 1.82) is 0 Å². The van der Waals surface area contributed by atoms with E-state index in [1.807, 2.05) is 36.4 Å². The highest BCUT2D eigenvalue weighted by Crippen LogP contribution is 2.27. The predicted octanol–water partition coefficient (Wildman–Crippen LogP) is 3.42. The van der Waals surface area contributed by atoms with Gasteiger partial charge in [0.15, 0.2) is 0 Å². The molecule has 0 saturated carbocycles. The minimum atomic E-state index is -0.470. The Bertz CT molecular complexity index is 806. The van der Waals surface area contributed by atoms with E-state index in [0.29, 0.717) is 12.2 Å². The third-order valence-electron chi connectivity index (χ3n) is 4.11. The Kier molecular flexibility index (Phi) is 5.38. The second kappa shape index (κ2) is 7.70. The molecule has 0 aliphatic carbocycles. The number of methoxy groups -OCH3 is 1. The van der Waals surface area contributed by atoms with Crippen LogP contribution in [0.2, 0.25) is 0 Å². The Hall–Kier alpha value is -2.34. The van der Waals surface area contributed by atoms with Crippen molar-refractivity contribution in [3.05, 3.63) is 63.6 Å². The molecule has 1 heterocycles. The molecule has 1 N–H and O–H groups in total. The van der Waals surface area contributed by atoms with Crippen LogP contribution in [0.25, 0.3) is 0 Å². The summed E-state index contributed by atoms with van der Waals surface area (Å²) in [5, 5.41) is 2.93. The Labute approximate surface area is 154 Å². The van der Waals surface area contributed by atoms with Crippen LogP contribution in [0.5, 0.6) is 5.75 Å². The van der Waals surface area contributed by atoms with Gasteiger partial charge in [-0.3, -0.25) is 9.59 Å². The van der Waals surface area contributed by atoms with Crippen LogP contribution in [0.4, 0.5) is 0 Å². The molecule has 3 rings (SSSR count). The first-order valence-corrected chi connectivity index (χ1v) is 8.75. The second-order valence-corrected chi connectivity index (χ2v) is 6.70. The molecular formula is C19H18BrNO4. The van der Waals surface area contributed by atoms with Gasteiger partial charge in [-0.05, 0) is 41.5 Å². The molecule has 1 aliphatic rings. The number of rotatable bonds is 5. The van der Waals surface area contributed by atoms with Crippen LogP contribution < -0.4 is 10.1 Å². The van der Waals surface area contributed by atoms with Crippen LogP contribution in [-0.2, 0) is 16.0 Å². The highest BCUT2D eigenvalue weighted by molar-refractivity contribution is 9.10. The third kappa shape index (κ3) is 4.20. The number of fused-ring (bicyclic) bond motifs is 1. The molecule has 1 atom stereocenters. The summed E-state index contributed by atoms with van der Waals surface area (Å²) in [5.41, 5.74) is 2.41. The molecule has 2 aromatic carbocycles. The largest absolute Gasteiger partial charge is 0.493 e. The molecule has 0 fully saturated rings. The van der Waals surface area contributed by atoms with Crippen molar-refractivity contribution in [2.75, 3.05) is 13.7 Å². The summed E-state index contributed by atoms with van der Waals surface area (Å²) in [6.07, 6.45) is 0.862. The number of hydrogen-bond acceptors (Lipinski definition) is 4. The van der Waals surface area contributed by atoms with Gasteiger partial charge in [-0.2, -0.15) is 0 Å². The van der Waals surface area contributed by atoms with Gasteiger partial charge in [0.05, 0.1) is 26.2 Å². The summed E-state index contributed by atoms with van der Waals surface area (Å²) in [5.74, 6) is 0.214. The fraction of sp³-hybridized carbons (Fsp3) is 0.263. The van der Waals surface area contributed by atoms with Crippen molar-refractivity contribution in [3.8, 4) is 5.75 Å². The highest BCUT2D eigenvalue weighted by Gasteiger charge is 2.21. The summed E-state index contributed by atoms with van der Waals surface area (Å²) < 4.78 is 11.1. The fourth-order valence-corrected chi connectivity index (χ4v) is 3.21. The topological polar surface area (TPSA) is 64.6 Å². The van der Waals surface area contributed by atoms with Gasteiger partial charge < -0.3 is 14.8 Å². The maximum Gasteiger partial charge on any atom is 0.307 e. The SMILES string of the molecule is COC(=O)CC(NC(=O)c1ccc2c(c1)CCO2)c1cccc(Br)c1. The standard InChI is InChI=1S/C19H18BrNO4/c1-24-18(22)11-16(12-3-2-4-15(20)10-12)21-19(23)14-5-6-17-13(9-14)7-8-25-17/h2-6,9-10,16H,7-8,11H2,1H3,(H,21,23). The van der Waals surface area contributed by atoms with Crippen molar-refractivity contribution in [2.45, 2.75) is 18.9 Å². The van der Waals surface area contributed by atoms with Crippen molar-refractivity contribution >= 4 is 27.8 Å². The van der Waals surface area contributed by atoms with Crippen LogP contribution in [0.1, 0.15) is 33.9 Å². The second-order valence-electron chi connectivity index (χ2n) is 5.78. The zero-order chi connectivity index (χ0) is 17.8. The smallest absolute Gasteiger partial charge is 0.307 e. The Balaban J connectivity index is 1.81. The number of benzene rings is 2. The van der Waals surface area contributed by atoms with Crippen LogP contribution in [0.15, 0.2) is 46.9 Å². The average molecular weight is 404 g/mol. The molecule has 0 spiro atoms. The molecule has 0 bridgehead atoms. The van der Waals surface area contributed by atoms with Crippen LogP contribution in [0.3, 0.4) is 0 Å². The molecule has 1 aliphatic heterocycles. The van der Waals surface area contributed by atoms with Crippen LogP contribution >= 0.6 is 15.9 Å². The Morgan fingerprint density at radius 2 is 2.12 bits per heavy atom. The van der Waals surface area contributed by atoms with Crippen LogP contribution in [-0.4, -0.2) is 25.6 Å². The summed E-state index contributed by atoms with van der Waals surface area (Å²) in [7, 11) is 1.34. The molecule has 5 nitrogen and oxygen atoms in total. The van der Waals surface area contributed by atoms with Gasteiger partial charge in [-0.1, -0.05) is 28.1 Å². The fourth-order valence-electron chi connectivity index (χ4n) is 2.79. The van der Waals surface area contributed by atoms with Gasteiger partial charge in [0, 0.05) is 16.5 Å². The van der Waals surface area contributed by atoms with Gasteiger partial charge in [0.25, 0.3) is 5.91 Å². The minimum Gasteiger partial charge on any atom is -0.493 e. The summed E-state index contributed by atoms with van der Waals surface area (Å²) in [6.45, 7) is 0.642. The van der Waals surface area contributed by atoms with Crippen molar-refractivity contribution in [2.24, 2.45) is 0 Å². The number of esters is 1. The maximum atomic E-state index is 12.7. The number of carbonyl (C=O) groups excluding carboxylic acids is 2. The number of ether oxygens (including phenoxy) is 2. The van der Waals surface area contributed by atoms with E-state index in [4.69, 9.17) is 9.47 Å². The van der Waals surface area contributed by atoms with Gasteiger partial charge in [0.1, 0.15) is 5.75 Å². The molecule has 0 aromatic heterocycles. The summed E-state index contributed by atoms with van der Waals surface area (Å²) >= 11 is 3.42. The van der Waals surface area contributed by atoms with Gasteiger partial charge >= 0.3 is 5.97 Å². The lowest BCUT2D eigenvalue weighted by atomic mass is 10.0. The van der Waals surface area contributed by atoms with Crippen LogP contribution in [0, 0.1) is 0 Å². The molecule has 130 valence electrons. The normalized spacial score (nSPS) is 13.5. The predicted molar refractivity (Wildman–Crippen MR) is 96.6 cm³/mol. The number of amides is 1. The quantitative estimate of drug-likeness (QED) is 0.776. The maximum absolute atomic E-state index is 12.7. The van der Waals surface area contributed by atoms with E-state index in [1.165, 1.54) is 7.11 Å². The molecular weight excluding hydrogens is 386 g/mol. The molecule has 6 heteroatoms. The van der Waals surface area contributed by atoms with E-state index < -0.39 is 6.04 Å². The monoisotopic (exact) mass is 403 g/mol. The van der Waals surface area contributed by atoms with E-state index in [9.17, 15) is 9.59 Å². The van der Waals surface area contributed by atoms with E-state index in [0.717, 1.165) is 27.8 Å². The zero-order valence-corrected chi connectivity index (χ0v) is 15.3. The first-order valence-electron chi connectivity index (χ1n) is 7.95. The lowest BCUT2D eigenvalue weighted by Gasteiger charge is -2.19. The van der Waals surface area contributed by atoms with Crippen molar-refractivity contribution < 1.29 is 19.1 Å². The van der Waals surface area contributed by atoms with E-state index >= 15 is 0 Å². The number of carbonyl (C=O) groups is 2. The van der Waals surface area contributed by atoms with Crippen molar-refractivity contribution in [3.63, 3.8) is 0 Å². The molecule has 2 aromatic rings. The lowest BCUT2D eigenvalue weighted by molar-refractivity contribution is -0.141. The first-order chi connectivity index (χ1) is 12.1. The first kappa shape index (κ1) is 17.5. The molecule has 1 unspecified atom stereocenters. The van der Waals surface area contributed by atoms with Gasteiger partial charge in [-0.25, -0.2) is 0 Å². The summed E-state index contributed by atoms with van der Waals surface area (Å²) in [6, 6.07) is 12.4. The van der Waals surface area contributed by atoms with Gasteiger partial charge in [0.2, 0.25) is 0 Å². The van der Waals surface area contributed by atoms with E-state index in [-0.39, 0.29) is 18.3 Å².